The average Bonchev–Trinajstić information content (AvgIpc) is 2.66. The van der Waals surface area contributed by atoms with E-state index in [4.69, 9.17) is 21.1 Å². The Kier molecular flexibility index (Phi) is 7.29. The number of halogens is 1. The van der Waals surface area contributed by atoms with E-state index in [1.807, 2.05) is 0 Å². The average molecular weight is 377 g/mol. The molecule has 7 heteroatoms. The van der Waals surface area contributed by atoms with Crippen LogP contribution >= 0.6 is 11.6 Å². The first-order chi connectivity index (χ1) is 12.5. The number of methoxy groups -OCH3 is 1. The maximum absolute atomic E-state index is 12.2. The van der Waals surface area contributed by atoms with Crippen molar-refractivity contribution in [3.8, 4) is 11.5 Å². The highest BCUT2D eigenvalue weighted by Gasteiger charge is 2.13. The minimum Gasteiger partial charge on any atom is -0.493 e. The van der Waals surface area contributed by atoms with Gasteiger partial charge in [0.2, 0.25) is 0 Å². The van der Waals surface area contributed by atoms with E-state index < -0.39 is 11.8 Å². The number of nitrogens with one attached hydrogen (secondary N) is 2. The van der Waals surface area contributed by atoms with Crippen LogP contribution in [0.3, 0.4) is 0 Å². The fraction of sp³-hybridized carbons (Fsp3) is 0.263. The van der Waals surface area contributed by atoms with Crippen LogP contribution in [0.15, 0.2) is 42.5 Å². The maximum atomic E-state index is 12.2. The molecule has 26 heavy (non-hydrogen) atoms. The van der Waals surface area contributed by atoms with Gasteiger partial charge in [-0.3, -0.25) is 20.4 Å². The van der Waals surface area contributed by atoms with Gasteiger partial charge >= 0.3 is 0 Å². The summed E-state index contributed by atoms with van der Waals surface area (Å²) in [5, 5.41) is 0.527. The Morgan fingerprint density at radius 2 is 1.58 bits per heavy atom. The number of rotatable bonds is 7. The summed E-state index contributed by atoms with van der Waals surface area (Å²) >= 11 is 5.78. The van der Waals surface area contributed by atoms with Gasteiger partial charge in [0.1, 0.15) is 0 Å². The molecule has 2 aromatic carbocycles. The first-order valence-electron chi connectivity index (χ1n) is 8.22. The van der Waals surface area contributed by atoms with Crippen molar-refractivity contribution >= 4 is 23.4 Å². The summed E-state index contributed by atoms with van der Waals surface area (Å²) < 4.78 is 10.9. The van der Waals surface area contributed by atoms with Crippen LogP contribution in [0.1, 0.15) is 40.5 Å². The first-order valence-corrected chi connectivity index (χ1v) is 8.60. The Morgan fingerprint density at radius 3 is 2.19 bits per heavy atom. The van der Waals surface area contributed by atoms with Crippen molar-refractivity contribution in [2.75, 3.05) is 13.7 Å². The molecule has 0 aliphatic carbocycles. The minimum atomic E-state index is -0.467. The van der Waals surface area contributed by atoms with Crippen LogP contribution in [-0.4, -0.2) is 25.5 Å². The van der Waals surface area contributed by atoms with Gasteiger partial charge in [0.05, 0.1) is 13.7 Å². The van der Waals surface area contributed by atoms with Crippen molar-refractivity contribution in [3.63, 3.8) is 0 Å². The Hall–Kier alpha value is -2.73. The second kappa shape index (κ2) is 9.68. The summed E-state index contributed by atoms with van der Waals surface area (Å²) in [6, 6.07) is 11.2. The second-order valence-corrected chi connectivity index (χ2v) is 5.92. The number of amides is 2. The zero-order chi connectivity index (χ0) is 18.9. The van der Waals surface area contributed by atoms with E-state index in [1.165, 1.54) is 7.11 Å². The molecule has 0 spiro atoms. The maximum Gasteiger partial charge on any atom is 0.269 e. The number of hydrogen-bond donors (Lipinski definition) is 2. The molecule has 0 unspecified atom stereocenters. The van der Waals surface area contributed by atoms with Crippen molar-refractivity contribution < 1.29 is 19.1 Å². The van der Waals surface area contributed by atoms with Gasteiger partial charge in [-0.25, -0.2) is 0 Å². The molecule has 0 bridgehead atoms. The number of hydrogen-bond acceptors (Lipinski definition) is 4. The number of ether oxygens (including phenoxy) is 2. The standard InChI is InChI=1S/C19H21ClN2O4/c1-3-4-11-26-16-10-7-14(12-17(16)25-2)19(24)22-21-18(23)13-5-8-15(20)9-6-13/h5-10,12H,3-4,11H2,1-2H3,(H,21,23)(H,22,24). The molecule has 0 radical (unpaired) electrons. The number of unbranched alkanes of at least 4 members (excludes halogenated alkanes) is 1. The number of benzene rings is 2. The summed E-state index contributed by atoms with van der Waals surface area (Å²) in [6.45, 7) is 2.65. The molecular weight excluding hydrogens is 356 g/mol. The van der Waals surface area contributed by atoms with Crippen molar-refractivity contribution in [1.82, 2.24) is 10.9 Å². The van der Waals surface area contributed by atoms with Crippen LogP contribution in [0.5, 0.6) is 11.5 Å². The zero-order valence-electron chi connectivity index (χ0n) is 14.7. The summed E-state index contributed by atoms with van der Waals surface area (Å²) in [7, 11) is 1.51. The highest BCUT2D eigenvalue weighted by Crippen LogP contribution is 2.28. The Bertz CT molecular complexity index is 763. The normalized spacial score (nSPS) is 10.1. The summed E-state index contributed by atoms with van der Waals surface area (Å²) in [6.07, 6.45) is 1.96. The molecule has 2 N–H and O–H groups in total. The Labute approximate surface area is 157 Å². The topological polar surface area (TPSA) is 76.7 Å². The van der Waals surface area contributed by atoms with E-state index in [-0.39, 0.29) is 0 Å². The van der Waals surface area contributed by atoms with Crippen molar-refractivity contribution in [2.24, 2.45) is 0 Å². The van der Waals surface area contributed by atoms with Gasteiger partial charge in [0.15, 0.2) is 11.5 Å². The number of carbonyl (C=O) groups excluding carboxylic acids is 2. The van der Waals surface area contributed by atoms with Gasteiger partial charge in [-0.2, -0.15) is 0 Å². The highest BCUT2D eigenvalue weighted by atomic mass is 35.5. The Balaban J connectivity index is 1.98. The molecule has 0 fully saturated rings. The SMILES string of the molecule is CCCCOc1ccc(C(=O)NNC(=O)c2ccc(Cl)cc2)cc1OC. The third-order valence-electron chi connectivity index (χ3n) is 3.58. The summed E-state index contributed by atoms with van der Waals surface area (Å²) in [5.74, 6) is 0.118. The van der Waals surface area contributed by atoms with Crippen LogP contribution in [0, 0.1) is 0 Å². The molecule has 0 aliphatic heterocycles. The van der Waals surface area contributed by atoms with Crippen LogP contribution in [0.25, 0.3) is 0 Å². The van der Waals surface area contributed by atoms with Crippen LogP contribution in [-0.2, 0) is 0 Å². The molecule has 0 heterocycles. The van der Waals surface area contributed by atoms with Crippen molar-refractivity contribution in [1.29, 1.82) is 0 Å². The molecule has 6 nitrogen and oxygen atoms in total. The quantitative estimate of drug-likeness (QED) is 0.571. The molecule has 0 saturated heterocycles. The lowest BCUT2D eigenvalue weighted by Gasteiger charge is -2.12. The molecule has 0 aromatic heterocycles. The number of hydrazine groups is 1. The predicted octanol–water partition coefficient (Wildman–Crippen LogP) is 3.60. The molecule has 138 valence electrons. The first kappa shape index (κ1) is 19.6. The fourth-order valence-corrected chi connectivity index (χ4v) is 2.24. The second-order valence-electron chi connectivity index (χ2n) is 5.48. The molecule has 0 saturated carbocycles. The lowest BCUT2D eigenvalue weighted by Crippen LogP contribution is -2.41. The van der Waals surface area contributed by atoms with E-state index in [1.54, 1.807) is 42.5 Å². The lowest BCUT2D eigenvalue weighted by molar-refractivity contribution is 0.0846. The Morgan fingerprint density at radius 1 is 0.962 bits per heavy atom. The smallest absolute Gasteiger partial charge is 0.269 e. The molecule has 2 amide bonds. The largest absolute Gasteiger partial charge is 0.493 e. The van der Waals surface area contributed by atoms with Gasteiger partial charge in [-0.1, -0.05) is 24.9 Å². The summed E-state index contributed by atoms with van der Waals surface area (Å²) in [5.41, 5.74) is 5.44. The van der Waals surface area contributed by atoms with Gasteiger partial charge < -0.3 is 9.47 Å². The monoisotopic (exact) mass is 376 g/mol. The fourth-order valence-electron chi connectivity index (χ4n) is 2.11. The molecular formula is C19H21ClN2O4. The van der Waals surface area contributed by atoms with E-state index in [0.29, 0.717) is 34.3 Å². The van der Waals surface area contributed by atoms with Gasteiger partial charge in [-0.05, 0) is 48.9 Å². The van der Waals surface area contributed by atoms with Crippen molar-refractivity contribution in [2.45, 2.75) is 19.8 Å². The van der Waals surface area contributed by atoms with Crippen LogP contribution in [0.2, 0.25) is 5.02 Å². The molecule has 0 aliphatic rings. The molecule has 2 rings (SSSR count). The molecule has 0 atom stereocenters. The predicted molar refractivity (Wildman–Crippen MR) is 99.8 cm³/mol. The minimum absolute atomic E-state index is 0.334. The van der Waals surface area contributed by atoms with E-state index >= 15 is 0 Å². The van der Waals surface area contributed by atoms with E-state index in [2.05, 4.69) is 17.8 Å². The van der Waals surface area contributed by atoms with Crippen LogP contribution in [0.4, 0.5) is 0 Å². The third-order valence-corrected chi connectivity index (χ3v) is 3.83. The van der Waals surface area contributed by atoms with E-state index in [9.17, 15) is 9.59 Å². The van der Waals surface area contributed by atoms with Gasteiger partial charge in [-0.15, -0.1) is 0 Å². The molecule has 2 aromatic rings. The lowest BCUT2D eigenvalue weighted by atomic mass is 10.2. The number of carbonyl (C=O) groups is 2. The third kappa shape index (κ3) is 5.39. The van der Waals surface area contributed by atoms with Gasteiger partial charge in [0, 0.05) is 16.1 Å². The van der Waals surface area contributed by atoms with Gasteiger partial charge in [0.25, 0.3) is 11.8 Å². The van der Waals surface area contributed by atoms with E-state index in [0.717, 1.165) is 12.8 Å². The summed E-state index contributed by atoms with van der Waals surface area (Å²) in [4.78, 5) is 24.2. The highest BCUT2D eigenvalue weighted by molar-refractivity contribution is 6.30. The zero-order valence-corrected chi connectivity index (χ0v) is 15.4. The van der Waals surface area contributed by atoms with Crippen molar-refractivity contribution in [3.05, 3.63) is 58.6 Å². The van der Waals surface area contributed by atoms with Crippen LogP contribution < -0.4 is 20.3 Å².